The van der Waals surface area contributed by atoms with Crippen LogP contribution in [-0.2, 0) is 9.53 Å². The van der Waals surface area contributed by atoms with Crippen LogP contribution in [0, 0.1) is 11.8 Å². The van der Waals surface area contributed by atoms with Crippen molar-refractivity contribution in [1.29, 1.82) is 0 Å². The minimum atomic E-state index is 0.193. The third-order valence-corrected chi connectivity index (χ3v) is 2.83. The molecule has 14 heavy (non-hydrogen) atoms. The maximum absolute atomic E-state index is 11.6. The van der Waals surface area contributed by atoms with Crippen LogP contribution in [0.25, 0.3) is 0 Å². The molecule has 2 atom stereocenters. The number of hydrogen-bond donors (Lipinski definition) is 1. The molecule has 0 spiro atoms. The van der Waals surface area contributed by atoms with Crippen LogP contribution in [0.15, 0.2) is 0 Å². The topological polar surface area (TPSA) is 41.6 Å². The van der Waals surface area contributed by atoms with E-state index in [0.29, 0.717) is 18.4 Å². The third-order valence-electron chi connectivity index (χ3n) is 2.83. The first-order chi connectivity index (χ1) is 6.69. The quantitative estimate of drug-likeness (QED) is 0.691. The molecule has 1 rings (SSSR count). The van der Waals surface area contributed by atoms with Crippen molar-refractivity contribution in [1.82, 2.24) is 10.2 Å². The molecular formula is C10H20N2O2. The lowest BCUT2D eigenvalue weighted by atomic mass is 10.00. The summed E-state index contributed by atoms with van der Waals surface area (Å²) in [7, 11) is 3.51. The van der Waals surface area contributed by atoms with Crippen LogP contribution in [0.2, 0.25) is 0 Å². The van der Waals surface area contributed by atoms with Gasteiger partial charge >= 0.3 is 0 Å². The van der Waals surface area contributed by atoms with E-state index < -0.39 is 0 Å². The van der Waals surface area contributed by atoms with Crippen molar-refractivity contribution >= 4 is 5.91 Å². The summed E-state index contributed by atoms with van der Waals surface area (Å²) in [6.45, 7) is 5.08. The average Bonchev–Trinajstić information content (AvgIpc) is 2.49. The van der Waals surface area contributed by atoms with Crippen LogP contribution in [0.3, 0.4) is 0 Å². The normalized spacial score (nSPS) is 26.9. The van der Waals surface area contributed by atoms with Crippen molar-refractivity contribution in [3.63, 3.8) is 0 Å². The lowest BCUT2D eigenvalue weighted by Crippen LogP contribution is -2.35. The van der Waals surface area contributed by atoms with Gasteiger partial charge < -0.3 is 15.0 Å². The summed E-state index contributed by atoms with van der Waals surface area (Å²) in [5.74, 6) is 1.24. The Bertz CT molecular complexity index is 197. The largest absolute Gasteiger partial charge is 0.384 e. The first-order valence-electron chi connectivity index (χ1n) is 5.10. The summed E-state index contributed by atoms with van der Waals surface area (Å²) >= 11 is 0. The van der Waals surface area contributed by atoms with Gasteiger partial charge in [0, 0.05) is 26.1 Å². The Morgan fingerprint density at radius 3 is 2.86 bits per heavy atom. The van der Waals surface area contributed by atoms with Crippen LogP contribution < -0.4 is 5.32 Å². The predicted octanol–water partition coefficient (Wildman–Crippen LogP) is -0.0533. The van der Waals surface area contributed by atoms with Gasteiger partial charge in [-0.3, -0.25) is 4.79 Å². The second-order valence-electron chi connectivity index (χ2n) is 4.02. The summed E-state index contributed by atoms with van der Waals surface area (Å²) in [6.07, 6.45) is 0. The molecule has 0 aromatic heterocycles. The SMILES string of the molecule is CNCC(=O)N1C[C@H](COC)[C@H](C)C1. The minimum Gasteiger partial charge on any atom is -0.384 e. The van der Waals surface area contributed by atoms with Crippen LogP contribution in [0.5, 0.6) is 0 Å². The fraction of sp³-hybridized carbons (Fsp3) is 0.900. The molecule has 0 saturated carbocycles. The van der Waals surface area contributed by atoms with Crippen molar-refractivity contribution < 1.29 is 9.53 Å². The van der Waals surface area contributed by atoms with Crippen molar-refractivity contribution in [3.8, 4) is 0 Å². The summed E-state index contributed by atoms with van der Waals surface area (Å²) in [4.78, 5) is 13.5. The Kier molecular flexibility index (Phi) is 4.35. The number of ether oxygens (including phenoxy) is 1. The highest BCUT2D eigenvalue weighted by molar-refractivity contribution is 5.78. The fourth-order valence-electron chi connectivity index (χ4n) is 1.93. The zero-order valence-electron chi connectivity index (χ0n) is 9.25. The van der Waals surface area contributed by atoms with Gasteiger partial charge in [-0.2, -0.15) is 0 Å². The maximum Gasteiger partial charge on any atom is 0.236 e. The van der Waals surface area contributed by atoms with Crippen molar-refractivity contribution in [3.05, 3.63) is 0 Å². The second-order valence-corrected chi connectivity index (χ2v) is 4.02. The van der Waals surface area contributed by atoms with E-state index in [0.717, 1.165) is 19.7 Å². The third kappa shape index (κ3) is 2.69. The Morgan fingerprint density at radius 1 is 1.57 bits per heavy atom. The van der Waals surface area contributed by atoms with E-state index in [1.807, 2.05) is 4.90 Å². The number of carbonyl (C=O) groups is 1. The Hall–Kier alpha value is -0.610. The van der Waals surface area contributed by atoms with Gasteiger partial charge in [-0.15, -0.1) is 0 Å². The van der Waals surface area contributed by atoms with E-state index in [1.54, 1.807) is 14.2 Å². The number of nitrogens with one attached hydrogen (secondary N) is 1. The molecule has 1 aliphatic rings. The number of rotatable bonds is 4. The number of methoxy groups -OCH3 is 1. The number of amides is 1. The van der Waals surface area contributed by atoms with Gasteiger partial charge in [-0.25, -0.2) is 0 Å². The molecule has 1 amide bonds. The number of likely N-dealkylation sites (N-methyl/N-ethyl adjacent to an activating group) is 1. The zero-order chi connectivity index (χ0) is 10.6. The highest BCUT2D eigenvalue weighted by Crippen LogP contribution is 2.22. The number of nitrogens with zero attached hydrogens (tertiary/aromatic N) is 1. The Labute approximate surface area is 85.6 Å². The number of likely N-dealkylation sites (tertiary alicyclic amines) is 1. The number of carbonyl (C=O) groups excluding carboxylic acids is 1. The van der Waals surface area contributed by atoms with Crippen LogP contribution in [0.4, 0.5) is 0 Å². The van der Waals surface area contributed by atoms with Crippen molar-refractivity contribution in [2.45, 2.75) is 6.92 Å². The van der Waals surface area contributed by atoms with Gasteiger partial charge in [0.1, 0.15) is 0 Å². The summed E-state index contributed by atoms with van der Waals surface area (Å²) in [5.41, 5.74) is 0. The molecule has 4 heteroatoms. The van der Waals surface area contributed by atoms with Crippen molar-refractivity contribution in [2.75, 3.05) is 40.4 Å². The van der Waals surface area contributed by atoms with Crippen LogP contribution >= 0.6 is 0 Å². The van der Waals surface area contributed by atoms with Gasteiger partial charge in [-0.1, -0.05) is 6.92 Å². The highest BCUT2D eigenvalue weighted by atomic mass is 16.5. The first kappa shape index (κ1) is 11.5. The van der Waals surface area contributed by atoms with Crippen LogP contribution in [0.1, 0.15) is 6.92 Å². The van der Waals surface area contributed by atoms with E-state index in [9.17, 15) is 4.79 Å². The molecule has 0 radical (unpaired) electrons. The molecule has 0 aromatic carbocycles. The predicted molar refractivity (Wildman–Crippen MR) is 55.0 cm³/mol. The minimum absolute atomic E-state index is 0.193. The molecule has 1 heterocycles. The lowest BCUT2D eigenvalue weighted by molar-refractivity contribution is -0.129. The smallest absolute Gasteiger partial charge is 0.236 e. The van der Waals surface area contributed by atoms with Gasteiger partial charge in [0.25, 0.3) is 0 Å². The standard InChI is InChI=1S/C10H20N2O2/c1-8-5-12(10(13)4-11-2)6-9(8)7-14-3/h8-9,11H,4-7H2,1-3H3/t8-,9-/m1/s1. The average molecular weight is 200 g/mol. The van der Waals surface area contributed by atoms with E-state index in [2.05, 4.69) is 12.2 Å². The number of hydrogen-bond acceptors (Lipinski definition) is 3. The molecule has 1 aliphatic heterocycles. The second kappa shape index (κ2) is 5.32. The molecule has 1 saturated heterocycles. The zero-order valence-corrected chi connectivity index (χ0v) is 9.25. The fourth-order valence-corrected chi connectivity index (χ4v) is 1.93. The summed E-state index contributed by atoms with van der Waals surface area (Å²) in [5, 5.41) is 2.88. The molecule has 0 aromatic rings. The summed E-state index contributed by atoms with van der Waals surface area (Å²) < 4.78 is 5.13. The summed E-state index contributed by atoms with van der Waals surface area (Å²) in [6, 6.07) is 0. The molecule has 0 bridgehead atoms. The maximum atomic E-state index is 11.6. The first-order valence-corrected chi connectivity index (χ1v) is 5.10. The van der Waals surface area contributed by atoms with E-state index in [1.165, 1.54) is 0 Å². The van der Waals surface area contributed by atoms with E-state index in [4.69, 9.17) is 4.74 Å². The molecule has 1 fully saturated rings. The van der Waals surface area contributed by atoms with E-state index in [-0.39, 0.29) is 5.91 Å². The van der Waals surface area contributed by atoms with Crippen LogP contribution in [-0.4, -0.2) is 51.2 Å². The molecule has 82 valence electrons. The van der Waals surface area contributed by atoms with Gasteiger partial charge in [0.05, 0.1) is 13.2 Å². The monoisotopic (exact) mass is 200 g/mol. The molecule has 1 N–H and O–H groups in total. The molecule has 0 aliphatic carbocycles. The van der Waals surface area contributed by atoms with Gasteiger partial charge in [-0.05, 0) is 13.0 Å². The molecule has 4 nitrogen and oxygen atoms in total. The Morgan fingerprint density at radius 2 is 2.29 bits per heavy atom. The highest BCUT2D eigenvalue weighted by Gasteiger charge is 2.31. The molecule has 0 unspecified atom stereocenters. The Balaban J connectivity index is 2.41. The van der Waals surface area contributed by atoms with E-state index >= 15 is 0 Å². The van der Waals surface area contributed by atoms with Crippen molar-refractivity contribution in [2.24, 2.45) is 11.8 Å². The van der Waals surface area contributed by atoms with Gasteiger partial charge in [0.15, 0.2) is 0 Å². The lowest BCUT2D eigenvalue weighted by Gasteiger charge is -2.15. The molecular weight excluding hydrogens is 180 g/mol. The van der Waals surface area contributed by atoms with Gasteiger partial charge in [0.2, 0.25) is 5.91 Å².